The van der Waals surface area contributed by atoms with Crippen molar-refractivity contribution in [3.63, 3.8) is 0 Å². The molecule has 0 aliphatic carbocycles. The van der Waals surface area contributed by atoms with Gasteiger partial charge in [-0.05, 0) is 48.4 Å². The van der Waals surface area contributed by atoms with Crippen molar-refractivity contribution in [1.82, 2.24) is 0 Å². The average molecular weight is 340 g/mol. The molecule has 130 valence electrons. The van der Waals surface area contributed by atoms with Crippen LogP contribution < -0.4 is 20.1 Å². The van der Waals surface area contributed by atoms with Crippen LogP contribution in [0.25, 0.3) is 0 Å². The van der Waals surface area contributed by atoms with E-state index in [-0.39, 0.29) is 18.6 Å². The van der Waals surface area contributed by atoms with Crippen molar-refractivity contribution in [3.8, 4) is 11.5 Å². The number of fused-ring (bicyclic) bond motifs is 1. The Bertz CT molecular complexity index is 785. The third-order valence-corrected chi connectivity index (χ3v) is 3.65. The van der Waals surface area contributed by atoms with Crippen LogP contribution in [0.1, 0.15) is 30.6 Å². The fourth-order valence-corrected chi connectivity index (χ4v) is 2.46. The van der Waals surface area contributed by atoms with Gasteiger partial charge in [0.15, 0.2) is 11.5 Å². The quantitative estimate of drug-likeness (QED) is 0.871. The lowest BCUT2D eigenvalue weighted by atomic mass is 10.1. The van der Waals surface area contributed by atoms with Gasteiger partial charge in [-0.15, -0.1) is 0 Å². The van der Waals surface area contributed by atoms with E-state index in [2.05, 4.69) is 10.6 Å². The van der Waals surface area contributed by atoms with E-state index in [0.717, 1.165) is 0 Å². The minimum absolute atomic E-state index is 0.0212. The van der Waals surface area contributed by atoms with Crippen molar-refractivity contribution in [2.24, 2.45) is 5.92 Å². The second-order valence-corrected chi connectivity index (χ2v) is 6.25. The molecule has 0 bridgehead atoms. The number of carbonyl (C=O) groups is 2. The molecule has 25 heavy (non-hydrogen) atoms. The number of amides is 2. The van der Waals surface area contributed by atoms with E-state index in [9.17, 15) is 9.59 Å². The number of carbonyl (C=O) groups excluding carboxylic acids is 2. The zero-order valence-corrected chi connectivity index (χ0v) is 14.2. The molecule has 2 N–H and O–H groups in total. The molecule has 3 rings (SSSR count). The Kier molecular flexibility index (Phi) is 4.88. The first kappa shape index (κ1) is 16.8. The van der Waals surface area contributed by atoms with E-state index < -0.39 is 0 Å². The molecular weight excluding hydrogens is 320 g/mol. The lowest BCUT2D eigenvalue weighted by Gasteiger charge is -2.09. The van der Waals surface area contributed by atoms with Gasteiger partial charge in [0.2, 0.25) is 12.7 Å². The monoisotopic (exact) mass is 340 g/mol. The van der Waals surface area contributed by atoms with Crippen LogP contribution in [-0.4, -0.2) is 18.6 Å². The summed E-state index contributed by atoms with van der Waals surface area (Å²) in [4.78, 5) is 24.1. The SMILES string of the molecule is CC(C)CC(=O)Nc1ccc(NC(=O)c2ccc3c(c2)OCO3)cc1. The molecule has 1 aliphatic heterocycles. The van der Waals surface area contributed by atoms with E-state index in [0.29, 0.717) is 40.8 Å². The zero-order chi connectivity index (χ0) is 17.8. The van der Waals surface area contributed by atoms with Crippen LogP contribution in [0, 0.1) is 5.92 Å². The average Bonchev–Trinajstić information content (AvgIpc) is 3.03. The van der Waals surface area contributed by atoms with Gasteiger partial charge in [0.05, 0.1) is 0 Å². The maximum Gasteiger partial charge on any atom is 0.255 e. The van der Waals surface area contributed by atoms with Gasteiger partial charge in [-0.2, -0.15) is 0 Å². The zero-order valence-electron chi connectivity index (χ0n) is 14.2. The molecule has 0 radical (unpaired) electrons. The summed E-state index contributed by atoms with van der Waals surface area (Å²) in [6.45, 7) is 4.16. The van der Waals surface area contributed by atoms with Gasteiger partial charge in [0.1, 0.15) is 0 Å². The Morgan fingerprint density at radius 2 is 1.60 bits per heavy atom. The topological polar surface area (TPSA) is 76.7 Å². The first-order valence-corrected chi connectivity index (χ1v) is 8.12. The largest absolute Gasteiger partial charge is 0.454 e. The maximum absolute atomic E-state index is 12.3. The number of hydrogen-bond donors (Lipinski definition) is 2. The molecule has 2 amide bonds. The number of nitrogens with one attached hydrogen (secondary N) is 2. The van der Waals surface area contributed by atoms with Crippen molar-refractivity contribution in [2.45, 2.75) is 20.3 Å². The van der Waals surface area contributed by atoms with Gasteiger partial charge in [0.25, 0.3) is 5.91 Å². The predicted molar refractivity (Wildman–Crippen MR) is 95.0 cm³/mol. The number of ether oxygens (including phenoxy) is 2. The highest BCUT2D eigenvalue weighted by atomic mass is 16.7. The van der Waals surface area contributed by atoms with E-state index in [1.807, 2.05) is 13.8 Å². The maximum atomic E-state index is 12.3. The Balaban J connectivity index is 1.61. The van der Waals surface area contributed by atoms with Gasteiger partial charge in [-0.25, -0.2) is 0 Å². The molecule has 0 spiro atoms. The van der Waals surface area contributed by atoms with Gasteiger partial charge >= 0.3 is 0 Å². The summed E-state index contributed by atoms with van der Waals surface area (Å²) in [5.41, 5.74) is 1.83. The number of benzene rings is 2. The van der Waals surface area contributed by atoms with E-state index in [1.165, 1.54) is 0 Å². The van der Waals surface area contributed by atoms with E-state index in [4.69, 9.17) is 9.47 Å². The molecule has 0 unspecified atom stereocenters. The molecule has 0 fully saturated rings. The molecule has 6 heteroatoms. The first-order chi connectivity index (χ1) is 12.0. The molecule has 1 heterocycles. The highest BCUT2D eigenvalue weighted by Gasteiger charge is 2.16. The lowest BCUT2D eigenvalue weighted by molar-refractivity contribution is -0.116. The van der Waals surface area contributed by atoms with Crippen molar-refractivity contribution in [2.75, 3.05) is 17.4 Å². The van der Waals surface area contributed by atoms with Crippen LogP contribution >= 0.6 is 0 Å². The van der Waals surface area contributed by atoms with Gasteiger partial charge in [0, 0.05) is 23.4 Å². The third kappa shape index (κ3) is 4.29. The van der Waals surface area contributed by atoms with Crippen molar-refractivity contribution < 1.29 is 19.1 Å². The summed E-state index contributed by atoms with van der Waals surface area (Å²) in [7, 11) is 0. The predicted octanol–water partition coefficient (Wildman–Crippen LogP) is 3.65. The van der Waals surface area contributed by atoms with Crippen molar-refractivity contribution in [3.05, 3.63) is 48.0 Å². The molecule has 6 nitrogen and oxygen atoms in total. The van der Waals surface area contributed by atoms with Crippen LogP contribution in [-0.2, 0) is 4.79 Å². The number of rotatable bonds is 5. The molecule has 1 aliphatic rings. The van der Waals surface area contributed by atoms with Gasteiger partial charge in [-0.1, -0.05) is 13.8 Å². The molecular formula is C19H20N2O4. The number of anilines is 2. The minimum atomic E-state index is -0.241. The van der Waals surface area contributed by atoms with Crippen LogP contribution in [0.3, 0.4) is 0 Å². The third-order valence-electron chi connectivity index (χ3n) is 3.65. The Morgan fingerprint density at radius 1 is 0.960 bits per heavy atom. The molecule has 0 saturated heterocycles. The standard InChI is InChI=1S/C19H20N2O4/c1-12(2)9-18(22)20-14-4-6-15(7-5-14)21-19(23)13-3-8-16-17(10-13)25-11-24-16/h3-8,10,12H,9,11H2,1-2H3,(H,20,22)(H,21,23). The minimum Gasteiger partial charge on any atom is -0.454 e. The van der Waals surface area contributed by atoms with Crippen molar-refractivity contribution in [1.29, 1.82) is 0 Å². The normalized spacial score (nSPS) is 12.1. The van der Waals surface area contributed by atoms with E-state index in [1.54, 1.807) is 42.5 Å². The number of hydrogen-bond acceptors (Lipinski definition) is 4. The lowest BCUT2D eigenvalue weighted by Crippen LogP contribution is -2.14. The molecule has 2 aromatic carbocycles. The second-order valence-electron chi connectivity index (χ2n) is 6.25. The fourth-order valence-electron chi connectivity index (χ4n) is 2.46. The molecule has 0 atom stereocenters. The van der Waals surface area contributed by atoms with Crippen LogP contribution in [0.15, 0.2) is 42.5 Å². The Labute approximate surface area is 146 Å². The van der Waals surface area contributed by atoms with Crippen LogP contribution in [0.2, 0.25) is 0 Å². The summed E-state index contributed by atoms with van der Waals surface area (Å²) < 4.78 is 10.5. The van der Waals surface area contributed by atoms with Crippen LogP contribution in [0.5, 0.6) is 11.5 Å². The summed E-state index contributed by atoms with van der Waals surface area (Å²) in [6, 6.07) is 12.1. The highest BCUT2D eigenvalue weighted by molar-refractivity contribution is 6.04. The summed E-state index contributed by atoms with van der Waals surface area (Å²) >= 11 is 0. The summed E-state index contributed by atoms with van der Waals surface area (Å²) in [5, 5.41) is 5.65. The Morgan fingerprint density at radius 3 is 2.28 bits per heavy atom. The molecule has 2 aromatic rings. The second kappa shape index (κ2) is 7.25. The van der Waals surface area contributed by atoms with Gasteiger partial charge < -0.3 is 20.1 Å². The fraction of sp³-hybridized carbons (Fsp3) is 0.263. The molecule has 0 aromatic heterocycles. The van der Waals surface area contributed by atoms with Gasteiger partial charge in [-0.3, -0.25) is 9.59 Å². The highest BCUT2D eigenvalue weighted by Crippen LogP contribution is 2.32. The Hall–Kier alpha value is -3.02. The van der Waals surface area contributed by atoms with Crippen LogP contribution in [0.4, 0.5) is 11.4 Å². The first-order valence-electron chi connectivity index (χ1n) is 8.12. The van der Waals surface area contributed by atoms with E-state index >= 15 is 0 Å². The van der Waals surface area contributed by atoms with Crippen molar-refractivity contribution >= 4 is 23.2 Å². The molecule has 0 saturated carbocycles. The summed E-state index contributed by atoms with van der Waals surface area (Å²) in [6.07, 6.45) is 0.475. The summed E-state index contributed by atoms with van der Waals surface area (Å²) in [5.74, 6) is 1.25. The smallest absolute Gasteiger partial charge is 0.255 e.